The molecule has 4 fully saturated rings. The first-order chi connectivity index (χ1) is 18.5. The number of sulfonamides is 1. The van der Waals surface area contributed by atoms with Gasteiger partial charge in [-0.15, -0.1) is 0 Å². The van der Waals surface area contributed by atoms with Gasteiger partial charge in [-0.25, -0.2) is 22.2 Å². The number of carbonyl (C=O) groups excluding carboxylic acids is 1. The molecule has 210 valence electrons. The fourth-order valence-electron chi connectivity index (χ4n) is 5.49. The molecule has 0 unspecified atom stereocenters. The number of carbonyl (C=O) groups is 1. The molecule has 3 heterocycles. The predicted octanol–water partition coefficient (Wildman–Crippen LogP) is 4.64. The Bertz CT molecular complexity index is 1370. The molecule has 2 saturated heterocycles. The largest absolute Gasteiger partial charge is 0.371 e. The molecule has 6 rings (SSSR count). The smallest absolute Gasteiger partial charge is 0.260 e. The van der Waals surface area contributed by atoms with Crippen molar-refractivity contribution < 1.29 is 22.0 Å². The first kappa shape index (κ1) is 26.2. The molecule has 1 amide bonds. The van der Waals surface area contributed by atoms with E-state index >= 15 is 0 Å². The van der Waals surface area contributed by atoms with Crippen LogP contribution in [0.15, 0.2) is 30.5 Å². The molecule has 0 bridgehead atoms. The second-order valence-corrected chi connectivity index (χ2v) is 14.0. The van der Waals surface area contributed by atoms with Crippen molar-refractivity contribution in [3.63, 3.8) is 0 Å². The second-order valence-electron chi connectivity index (χ2n) is 11.8. The minimum absolute atomic E-state index is 0.0859. The van der Waals surface area contributed by atoms with Gasteiger partial charge in [-0.3, -0.25) is 14.8 Å². The molecule has 1 spiro atoms. The zero-order chi connectivity index (χ0) is 27.5. The molecular weight excluding hydrogens is 526 g/mol. The summed E-state index contributed by atoms with van der Waals surface area (Å²) in [7, 11) is -3.54. The molecule has 0 atom stereocenters. The molecule has 0 radical (unpaired) electrons. The molecule has 1 aromatic heterocycles. The maximum absolute atomic E-state index is 13.6. The summed E-state index contributed by atoms with van der Waals surface area (Å²) < 4.78 is 54.9. The van der Waals surface area contributed by atoms with Gasteiger partial charge in [0.05, 0.1) is 21.7 Å². The highest BCUT2D eigenvalue weighted by molar-refractivity contribution is 7.94. The van der Waals surface area contributed by atoms with Gasteiger partial charge in [0.25, 0.3) is 11.8 Å². The van der Waals surface area contributed by atoms with Crippen LogP contribution in [-0.2, 0) is 10.0 Å². The SMILES string of the molecule is CC1(S(=O)(=O)Nc2ccc(C(=O)Nc3nccc(N4CCC(F)(F)CC4)n3)c(N3CCC4(CC3)CC4)c2)CC1. The van der Waals surface area contributed by atoms with E-state index in [0.717, 1.165) is 25.9 Å². The van der Waals surface area contributed by atoms with E-state index in [4.69, 9.17) is 0 Å². The molecule has 12 heteroatoms. The molecule has 2 aliphatic carbocycles. The van der Waals surface area contributed by atoms with Crippen LogP contribution in [0.3, 0.4) is 0 Å². The number of hydrogen-bond donors (Lipinski definition) is 2. The summed E-state index contributed by atoms with van der Waals surface area (Å²) in [4.78, 5) is 26.0. The third-order valence-corrected chi connectivity index (χ3v) is 11.1. The van der Waals surface area contributed by atoms with Crippen LogP contribution in [0.4, 0.5) is 31.9 Å². The lowest BCUT2D eigenvalue weighted by atomic mass is 9.93. The molecule has 4 aliphatic rings. The van der Waals surface area contributed by atoms with E-state index in [-0.39, 0.29) is 31.9 Å². The van der Waals surface area contributed by atoms with Crippen LogP contribution < -0.4 is 19.8 Å². The Kier molecular flexibility index (Phi) is 6.24. The minimum Gasteiger partial charge on any atom is -0.371 e. The number of benzene rings is 1. The summed E-state index contributed by atoms with van der Waals surface area (Å²) in [6.07, 6.45) is 6.85. The summed E-state index contributed by atoms with van der Waals surface area (Å²) >= 11 is 0. The summed E-state index contributed by atoms with van der Waals surface area (Å²) in [5.74, 6) is -2.51. The van der Waals surface area contributed by atoms with E-state index in [9.17, 15) is 22.0 Å². The Labute approximate surface area is 227 Å². The number of anilines is 4. The number of alkyl halides is 2. The highest BCUT2D eigenvalue weighted by Gasteiger charge is 2.50. The van der Waals surface area contributed by atoms with Crippen molar-refractivity contribution in [1.29, 1.82) is 0 Å². The average Bonchev–Trinajstić information content (AvgIpc) is 3.83. The van der Waals surface area contributed by atoms with Crippen molar-refractivity contribution >= 4 is 39.1 Å². The van der Waals surface area contributed by atoms with E-state index in [1.807, 2.05) is 0 Å². The van der Waals surface area contributed by atoms with Gasteiger partial charge in [0.1, 0.15) is 5.82 Å². The maximum atomic E-state index is 13.6. The summed E-state index contributed by atoms with van der Waals surface area (Å²) in [5.41, 5.74) is 1.93. The zero-order valence-corrected chi connectivity index (χ0v) is 22.9. The maximum Gasteiger partial charge on any atom is 0.260 e. The van der Waals surface area contributed by atoms with E-state index in [1.165, 1.54) is 19.0 Å². The first-order valence-electron chi connectivity index (χ1n) is 13.7. The third-order valence-electron chi connectivity index (χ3n) is 8.90. The second kappa shape index (κ2) is 9.28. The number of rotatable bonds is 7. The number of amides is 1. The van der Waals surface area contributed by atoms with E-state index in [2.05, 4.69) is 24.9 Å². The van der Waals surface area contributed by atoms with Crippen molar-refractivity contribution in [1.82, 2.24) is 9.97 Å². The lowest BCUT2D eigenvalue weighted by Gasteiger charge is -2.35. The van der Waals surface area contributed by atoms with Crippen LogP contribution >= 0.6 is 0 Å². The Hall–Kier alpha value is -3.02. The van der Waals surface area contributed by atoms with Crippen molar-refractivity contribution in [2.24, 2.45) is 5.41 Å². The zero-order valence-electron chi connectivity index (χ0n) is 22.0. The Morgan fingerprint density at radius 1 is 0.923 bits per heavy atom. The monoisotopic (exact) mass is 560 g/mol. The lowest BCUT2D eigenvalue weighted by Crippen LogP contribution is -2.39. The Balaban J connectivity index is 1.23. The van der Waals surface area contributed by atoms with Gasteiger partial charge in [0, 0.05) is 45.2 Å². The predicted molar refractivity (Wildman–Crippen MR) is 146 cm³/mol. The number of nitrogens with zero attached hydrogens (tertiary/aromatic N) is 4. The molecule has 1 aromatic carbocycles. The summed E-state index contributed by atoms with van der Waals surface area (Å²) in [5, 5.41) is 2.76. The summed E-state index contributed by atoms with van der Waals surface area (Å²) in [6, 6.07) is 6.64. The van der Waals surface area contributed by atoms with Crippen LogP contribution in [0.2, 0.25) is 0 Å². The number of nitrogens with one attached hydrogen (secondary N) is 2. The van der Waals surface area contributed by atoms with Crippen molar-refractivity contribution in [2.45, 2.75) is 69.0 Å². The molecule has 2 saturated carbocycles. The van der Waals surface area contributed by atoms with Crippen molar-refractivity contribution in [3.05, 3.63) is 36.0 Å². The number of aromatic nitrogens is 2. The highest BCUT2D eigenvalue weighted by atomic mass is 32.2. The number of hydrogen-bond acceptors (Lipinski definition) is 7. The molecule has 9 nitrogen and oxygen atoms in total. The normalized spacial score (nSPS) is 22.8. The molecule has 39 heavy (non-hydrogen) atoms. The Morgan fingerprint density at radius 2 is 1.59 bits per heavy atom. The van der Waals surface area contributed by atoms with Crippen LogP contribution in [0.25, 0.3) is 0 Å². The third kappa shape index (κ3) is 5.39. The number of halogens is 2. The standard InChI is InChI=1S/C27H34F2N6O3S/c1-25(5-6-25)39(37,38)33-19-2-3-20(21(18-19)34-14-9-26(7-8-26)10-15-34)23(36)32-24-30-13-4-22(31-24)35-16-11-27(28,29)12-17-35/h2-4,13,18,33H,5-12,14-17H2,1H3,(H,30,31,32,36). The van der Waals surface area contributed by atoms with Crippen LogP contribution in [-0.4, -0.2) is 61.1 Å². The van der Waals surface area contributed by atoms with Gasteiger partial charge in [-0.05, 0) is 75.1 Å². The van der Waals surface area contributed by atoms with Crippen molar-refractivity contribution in [3.8, 4) is 0 Å². The van der Waals surface area contributed by atoms with Crippen molar-refractivity contribution in [2.75, 3.05) is 46.0 Å². The number of piperidine rings is 2. The minimum atomic E-state index is -3.54. The van der Waals surface area contributed by atoms with Crippen LogP contribution in [0, 0.1) is 5.41 Å². The van der Waals surface area contributed by atoms with Crippen LogP contribution in [0.1, 0.15) is 68.6 Å². The lowest BCUT2D eigenvalue weighted by molar-refractivity contribution is -0.0221. The molecule has 2 aliphatic heterocycles. The summed E-state index contributed by atoms with van der Waals surface area (Å²) in [6.45, 7) is 3.67. The fraction of sp³-hybridized carbons (Fsp3) is 0.593. The molecule has 2 aromatic rings. The quantitative estimate of drug-likeness (QED) is 0.508. The highest BCUT2D eigenvalue weighted by Crippen LogP contribution is 2.54. The average molecular weight is 561 g/mol. The van der Waals surface area contributed by atoms with Crippen LogP contribution in [0.5, 0.6) is 0 Å². The Morgan fingerprint density at radius 3 is 2.23 bits per heavy atom. The van der Waals surface area contributed by atoms with E-state index in [1.54, 1.807) is 36.1 Å². The van der Waals surface area contributed by atoms with Gasteiger partial charge in [-0.2, -0.15) is 4.98 Å². The fourth-order valence-corrected chi connectivity index (χ4v) is 6.81. The van der Waals surface area contributed by atoms with Gasteiger partial charge in [0.15, 0.2) is 0 Å². The van der Waals surface area contributed by atoms with Gasteiger partial charge in [-0.1, -0.05) is 0 Å². The van der Waals surface area contributed by atoms with Gasteiger partial charge >= 0.3 is 0 Å². The molecule has 2 N–H and O–H groups in total. The first-order valence-corrected chi connectivity index (χ1v) is 15.1. The van der Waals surface area contributed by atoms with Gasteiger partial charge in [0.2, 0.25) is 16.0 Å². The van der Waals surface area contributed by atoms with E-state index < -0.39 is 26.6 Å². The molecular formula is C27H34F2N6O3S. The topological polar surface area (TPSA) is 108 Å². The van der Waals surface area contributed by atoms with Gasteiger partial charge < -0.3 is 9.80 Å². The van der Waals surface area contributed by atoms with E-state index in [0.29, 0.717) is 41.0 Å².